The first-order chi connectivity index (χ1) is 15.8. The Kier molecular flexibility index (Phi) is 5.32. The minimum Gasteiger partial charge on any atom is -0.309 e. The van der Waals surface area contributed by atoms with Crippen molar-refractivity contribution in [2.24, 2.45) is 5.92 Å². The minimum absolute atomic E-state index is 0.00220. The van der Waals surface area contributed by atoms with Gasteiger partial charge in [0.15, 0.2) is 0 Å². The Balaban J connectivity index is 1.44. The zero-order valence-corrected chi connectivity index (χ0v) is 19.5. The highest BCUT2D eigenvalue weighted by molar-refractivity contribution is 7.92. The van der Waals surface area contributed by atoms with Crippen LogP contribution < -0.4 is 4.90 Å². The molecule has 7 heteroatoms. The number of amides is 1. The van der Waals surface area contributed by atoms with Crippen molar-refractivity contribution < 1.29 is 13.4 Å². The average molecular weight is 464 g/mol. The summed E-state index contributed by atoms with van der Waals surface area (Å²) in [5.74, 6) is -0.787. The molecule has 3 atom stereocenters. The summed E-state index contributed by atoms with van der Waals surface area (Å²) < 4.78 is 35.3. The smallest absolute Gasteiger partial charge is 0.231 e. The van der Waals surface area contributed by atoms with Crippen LogP contribution in [0, 0.1) is 16.5 Å². The van der Waals surface area contributed by atoms with E-state index in [2.05, 4.69) is 17.1 Å². The van der Waals surface area contributed by atoms with Crippen LogP contribution in [0.5, 0.6) is 0 Å². The Hall–Kier alpha value is -3.06. The lowest BCUT2D eigenvalue weighted by Crippen LogP contribution is -2.40. The van der Waals surface area contributed by atoms with E-state index < -0.39 is 15.5 Å². The maximum Gasteiger partial charge on any atom is 0.231 e. The van der Waals surface area contributed by atoms with Gasteiger partial charge in [0.25, 0.3) is 0 Å². The molecule has 1 aliphatic carbocycles. The fourth-order valence-corrected chi connectivity index (χ4v) is 6.03. The molecule has 5 rings (SSSR count). The number of pyridine rings is 1. The van der Waals surface area contributed by atoms with Gasteiger partial charge in [0.05, 0.1) is 20.3 Å². The van der Waals surface area contributed by atoms with Gasteiger partial charge in [-0.3, -0.25) is 9.78 Å². The van der Waals surface area contributed by atoms with E-state index in [4.69, 9.17) is 4.78 Å². The zero-order chi connectivity index (χ0) is 23.3. The summed E-state index contributed by atoms with van der Waals surface area (Å²) in [5.41, 5.74) is 5.59. The second-order valence-electron chi connectivity index (χ2n) is 8.94. The minimum atomic E-state index is -3.23. The summed E-state index contributed by atoms with van der Waals surface area (Å²) >= 11 is 0. The molecule has 33 heavy (non-hydrogen) atoms. The van der Waals surface area contributed by atoms with Crippen molar-refractivity contribution >= 4 is 21.3 Å². The molecule has 2 heterocycles. The van der Waals surface area contributed by atoms with E-state index in [-0.39, 0.29) is 28.5 Å². The van der Waals surface area contributed by atoms with Crippen LogP contribution in [0.1, 0.15) is 30.5 Å². The SMILES string of the molecule is CC[S@](=N)(=O)c1cc2c(cc1F)C[C@H](C)N2C(=O)[C@@H]1Cc2ccc(-c3ccccn3)cc2C1. The third-order valence-electron chi connectivity index (χ3n) is 6.80. The Bertz CT molecular complexity index is 1360. The summed E-state index contributed by atoms with van der Waals surface area (Å²) in [6.07, 6.45) is 3.62. The highest BCUT2D eigenvalue weighted by Crippen LogP contribution is 2.39. The largest absolute Gasteiger partial charge is 0.309 e. The maximum absolute atomic E-state index is 14.6. The fraction of sp³-hybridized carbons (Fsp3) is 0.308. The highest BCUT2D eigenvalue weighted by Gasteiger charge is 2.38. The van der Waals surface area contributed by atoms with Crippen LogP contribution in [-0.4, -0.2) is 26.9 Å². The van der Waals surface area contributed by atoms with E-state index in [1.165, 1.54) is 17.7 Å². The monoisotopic (exact) mass is 463 g/mol. The van der Waals surface area contributed by atoms with Gasteiger partial charge in [-0.2, -0.15) is 0 Å². The van der Waals surface area contributed by atoms with Gasteiger partial charge in [0.2, 0.25) is 5.91 Å². The number of carbonyl (C=O) groups is 1. The van der Waals surface area contributed by atoms with E-state index in [0.717, 1.165) is 22.4 Å². The van der Waals surface area contributed by atoms with Gasteiger partial charge in [-0.05, 0) is 73.2 Å². The molecule has 3 aromatic rings. The first-order valence-electron chi connectivity index (χ1n) is 11.2. The number of rotatable bonds is 4. The van der Waals surface area contributed by atoms with E-state index in [1.807, 2.05) is 31.2 Å². The van der Waals surface area contributed by atoms with E-state index in [0.29, 0.717) is 24.9 Å². The number of fused-ring (bicyclic) bond motifs is 2. The molecule has 2 aromatic carbocycles. The zero-order valence-electron chi connectivity index (χ0n) is 18.7. The number of nitrogens with one attached hydrogen (secondary N) is 1. The lowest BCUT2D eigenvalue weighted by Gasteiger charge is -2.26. The van der Waals surface area contributed by atoms with Crippen molar-refractivity contribution in [3.63, 3.8) is 0 Å². The van der Waals surface area contributed by atoms with Crippen LogP contribution in [0.15, 0.2) is 59.6 Å². The molecular weight excluding hydrogens is 437 g/mol. The van der Waals surface area contributed by atoms with Gasteiger partial charge in [0, 0.05) is 35.2 Å². The van der Waals surface area contributed by atoms with Gasteiger partial charge in [-0.25, -0.2) is 13.4 Å². The molecule has 0 bridgehead atoms. The van der Waals surface area contributed by atoms with Crippen LogP contribution in [0.2, 0.25) is 0 Å². The molecule has 1 aliphatic heterocycles. The van der Waals surface area contributed by atoms with Crippen molar-refractivity contribution in [2.45, 2.75) is 44.0 Å². The molecule has 170 valence electrons. The third kappa shape index (κ3) is 3.74. The Labute approximate surface area is 193 Å². The lowest BCUT2D eigenvalue weighted by molar-refractivity contribution is -0.122. The number of hydrogen-bond acceptors (Lipinski definition) is 4. The highest BCUT2D eigenvalue weighted by atomic mass is 32.2. The van der Waals surface area contributed by atoms with Crippen LogP contribution in [0.25, 0.3) is 11.3 Å². The quantitative estimate of drug-likeness (QED) is 0.591. The number of nitrogens with zero attached hydrogens (tertiary/aromatic N) is 2. The summed E-state index contributed by atoms with van der Waals surface area (Å²) in [6, 6.07) is 14.8. The van der Waals surface area contributed by atoms with E-state index in [9.17, 15) is 13.4 Å². The number of anilines is 1. The molecule has 0 fully saturated rings. The summed E-state index contributed by atoms with van der Waals surface area (Å²) in [6.45, 7) is 3.57. The third-order valence-corrected chi connectivity index (χ3v) is 8.63. The average Bonchev–Trinajstić information content (AvgIpc) is 3.38. The van der Waals surface area contributed by atoms with Crippen LogP contribution in [-0.2, 0) is 33.8 Å². The van der Waals surface area contributed by atoms with Gasteiger partial charge >= 0.3 is 0 Å². The number of hydrogen-bond donors (Lipinski definition) is 1. The molecule has 0 spiro atoms. The molecule has 0 saturated heterocycles. The summed E-state index contributed by atoms with van der Waals surface area (Å²) in [5, 5.41) is 0. The molecule has 0 radical (unpaired) electrons. The molecule has 2 aliphatic rings. The number of carbonyl (C=O) groups excluding carboxylic acids is 1. The van der Waals surface area contributed by atoms with Crippen molar-refractivity contribution in [3.8, 4) is 11.3 Å². The Morgan fingerprint density at radius 1 is 1.12 bits per heavy atom. The lowest BCUT2D eigenvalue weighted by atomic mass is 10.0. The predicted molar refractivity (Wildman–Crippen MR) is 127 cm³/mol. The molecule has 0 unspecified atom stereocenters. The van der Waals surface area contributed by atoms with Crippen LogP contribution in [0.4, 0.5) is 10.1 Å². The molecule has 1 aromatic heterocycles. The van der Waals surface area contributed by atoms with Crippen molar-refractivity contribution in [2.75, 3.05) is 10.7 Å². The Morgan fingerprint density at radius 2 is 1.91 bits per heavy atom. The van der Waals surface area contributed by atoms with Gasteiger partial charge in [-0.15, -0.1) is 0 Å². The predicted octanol–water partition coefficient (Wildman–Crippen LogP) is 5.01. The first kappa shape index (κ1) is 21.8. The van der Waals surface area contributed by atoms with Crippen molar-refractivity contribution in [3.05, 3.63) is 77.2 Å². The standard InChI is InChI=1S/C26H26FN3O2S/c1-3-33(28,32)25-15-24-20(14-22(25)27)10-16(2)30(24)26(31)21-11-17-7-8-18(12-19(17)13-21)23-6-4-5-9-29-23/h4-9,12,14-16,21,28H,3,10-11,13H2,1-2H3/t16-,21+,33-/m0/s1. The topological polar surface area (TPSA) is 74.1 Å². The van der Waals surface area contributed by atoms with E-state index >= 15 is 0 Å². The Morgan fingerprint density at radius 3 is 2.64 bits per heavy atom. The van der Waals surface area contributed by atoms with E-state index in [1.54, 1.807) is 18.0 Å². The van der Waals surface area contributed by atoms with Crippen molar-refractivity contribution in [1.82, 2.24) is 4.98 Å². The fourth-order valence-electron chi connectivity index (χ4n) is 5.05. The molecular formula is C26H26FN3O2S. The van der Waals surface area contributed by atoms with Crippen LogP contribution in [0.3, 0.4) is 0 Å². The van der Waals surface area contributed by atoms with Gasteiger partial charge in [-0.1, -0.05) is 25.1 Å². The summed E-state index contributed by atoms with van der Waals surface area (Å²) in [4.78, 5) is 19.7. The molecule has 0 saturated carbocycles. The summed E-state index contributed by atoms with van der Waals surface area (Å²) in [7, 11) is -3.23. The molecule has 5 nitrogen and oxygen atoms in total. The molecule has 1 amide bonds. The van der Waals surface area contributed by atoms with Gasteiger partial charge in [0.1, 0.15) is 5.82 Å². The number of halogens is 1. The normalized spacial score (nSPS) is 20.9. The second-order valence-corrected chi connectivity index (χ2v) is 11.3. The first-order valence-corrected chi connectivity index (χ1v) is 13.0. The number of aromatic nitrogens is 1. The second kappa shape index (κ2) is 8.06. The van der Waals surface area contributed by atoms with Gasteiger partial charge < -0.3 is 4.90 Å². The number of benzene rings is 2. The van der Waals surface area contributed by atoms with Crippen molar-refractivity contribution in [1.29, 1.82) is 4.78 Å². The van der Waals surface area contributed by atoms with Crippen LogP contribution >= 0.6 is 0 Å². The molecule has 1 N–H and O–H groups in total. The maximum atomic E-state index is 14.6.